The van der Waals surface area contributed by atoms with E-state index < -0.39 is 12.2 Å². The summed E-state index contributed by atoms with van der Waals surface area (Å²) in [4.78, 5) is 21.6. The molecule has 0 aromatic rings. The van der Waals surface area contributed by atoms with Crippen molar-refractivity contribution in [2.45, 2.75) is 66.6 Å². The number of hydrogen-bond donors (Lipinski definition) is 2. The molecule has 0 heterocycles. The SMILES string of the molecule is CCC(O)C(=O)C(C)C.CCC(O)C(=O)C(C)C. The molecule has 0 amide bonds. The summed E-state index contributed by atoms with van der Waals surface area (Å²) in [5.41, 5.74) is 0. The number of aliphatic hydroxyl groups excluding tert-OH is 2. The van der Waals surface area contributed by atoms with Gasteiger partial charge in [0, 0.05) is 11.8 Å². The van der Waals surface area contributed by atoms with Gasteiger partial charge in [-0.1, -0.05) is 41.5 Å². The lowest BCUT2D eigenvalue weighted by atomic mass is 10.0. The third-order valence-corrected chi connectivity index (χ3v) is 2.57. The van der Waals surface area contributed by atoms with Crippen LogP contribution in [-0.4, -0.2) is 34.0 Å². The quantitative estimate of drug-likeness (QED) is 0.765. The predicted molar refractivity (Wildman–Crippen MR) is 72.3 cm³/mol. The van der Waals surface area contributed by atoms with E-state index in [0.29, 0.717) is 12.8 Å². The van der Waals surface area contributed by atoms with Gasteiger partial charge < -0.3 is 10.2 Å². The number of aliphatic hydroxyl groups is 2. The van der Waals surface area contributed by atoms with Crippen LogP contribution in [0.3, 0.4) is 0 Å². The van der Waals surface area contributed by atoms with Crippen molar-refractivity contribution in [2.24, 2.45) is 11.8 Å². The Morgan fingerprint density at radius 1 is 0.778 bits per heavy atom. The van der Waals surface area contributed by atoms with E-state index >= 15 is 0 Å². The van der Waals surface area contributed by atoms with Gasteiger partial charge in [0.05, 0.1) is 0 Å². The van der Waals surface area contributed by atoms with Gasteiger partial charge >= 0.3 is 0 Å². The van der Waals surface area contributed by atoms with E-state index in [4.69, 9.17) is 10.2 Å². The maximum Gasteiger partial charge on any atom is 0.163 e. The van der Waals surface area contributed by atoms with Gasteiger partial charge in [-0.2, -0.15) is 0 Å². The van der Waals surface area contributed by atoms with Crippen LogP contribution in [0, 0.1) is 11.8 Å². The zero-order valence-electron chi connectivity index (χ0n) is 12.4. The van der Waals surface area contributed by atoms with E-state index in [1.54, 1.807) is 41.5 Å². The van der Waals surface area contributed by atoms with E-state index in [1.165, 1.54) is 0 Å². The van der Waals surface area contributed by atoms with E-state index in [-0.39, 0.29) is 23.4 Å². The summed E-state index contributed by atoms with van der Waals surface area (Å²) in [6.45, 7) is 10.8. The zero-order chi connectivity index (χ0) is 14.9. The van der Waals surface area contributed by atoms with Crippen LogP contribution in [0.5, 0.6) is 0 Å². The molecule has 0 radical (unpaired) electrons. The summed E-state index contributed by atoms with van der Waals surface area (Å²) < 4.78 is 0. The molecule has 0 aliphatic rings. The Bertz CT molecular complexity index is 220. The summed E-state index contributed by atoms with van der Waals surface area (Å²) >= 11 is 0. The van der Waals surface area contributed by atoms with Crippen molar-refractivity contribution in [2.75, 3.05) is 0 Å². The van der Waals surface area contributed by atoms with E-state index in [0.717, 1.165) is 0 Å². The molecule has 4 heteroatoms. The molecule has 2 atom stereocenters. The molecule has 0 spiro atoms. The van der Waals surface area contributed by atoms with Crippen LogP contribution in [0.1, 0.15) is 54.4 Å². The predicted octanol–water partition coefficient (Wildman–Crippen LogP) is 1.96. The summed E-state index contributed by atoms with van der Waals surface area (Å²) in [6, 6.07) is 0. The van der Waals surface area contributed by atoms with Crippen LogP contribution in [0.15, 0.2) is 0 Å². The number of ketones is 2. The van der Waals surface area contributed by atoms with E-state index in [9.17, 15) is 9.59 Å². The van der Waals surface area contributed by atoms with Crippen molar-refractivity contribution in [3.05, 3.63) is 0 Å². The molecule has 18 heavy (non-hydrogen) atoms. The van der Waals surface area contributed by atoms with Crippen molar-refractivity contribution in [1.82, 2.24) is 0 Å². The van der Waals surface area contributed by atoms with Crippen LogP contribution in [0.4, 0.5) is 0 Å². The molecule has 0 rings (SSSR count). The minimum absolute atomic E-state index is 0.0417. The molecule has 2 unspecified atom stereocenters. The van der Waals surface area contributed by atoms with Gasteiger partial charge in [-0.15, -0.1) is 0 Å². The molecule has 0 aliphatic heterocycles. The molecule has 2 N–H and O–H groups in total. The maximum atomic E-state index is 10.8. The van der Waals surface area contributed by atoms with Gasteiger partial charge in [0.25, 0.3) is 0 Å². The second-order valence-electron chi connectivity index (χ2n) is 4.96. The fourth-order valence-corrected chi connectivity index (χ4v) is 1.17. The Balaban J connectivity index is 0. The number of rotatable bonds is 6. The lowest BCUT2D eigenvalue weighted by Gasteiger charge is -2.07. The van der Waals surface area contributed by atoms with Crippen LogP contribution in [0.25, 0.3) is 0 Å². The minimum Gasteiger partial charge on any atom is -0.385 e. The zero-order valence-corrected chi connectivity index (χ0v) is 12.4. The normalized spacial score (nSPS) is 13.9. The first-order chi connectivity index (χ1) is 8.18. The first-order valence-electron chi connectivity index (χ1n) is 6.62. The monoisotopic (exact) mass is 260 g/mol. The van der Waals surface area contributed by atoms with Crippen molar-refractivity contribution < 1.29 is 19.8 Å². The highest BCUT2D eigenvalue weighted by Crippen LogP contribution is 2.02. The van der Waals surface area contributed by atoms with Crippen molar-refractivity contribution in [3.8, 4) is 0 Å². The molecule has 4 nitrogen and oxygen atoms in total. The highest BCUT2D eigenvalue weighted by molar-refractivity contribution is 5.84. The highest BCUT2D eigenvalue weighted by atomic mass is 16.3. The van der Waals surface area contributed by atoms with Crippen molar-refractivity contribution >= 4 is 11.6 Å². The smallest absolute Gasteiger partial charge is 0.163 e. The standard InChI is InChI=1S/2C7H14O2/c2*1-4-6(8)7(9)5(2)3/h2*5-6,8H,4H2,1-3H3. The van der Waals surface area contributed by atoms with E-state index in [2.05, 4.69) is 0 Å². The number of hydrogen-bond acceptors (Lipinski definition) is 4. The third-order valence-electron chi connectivity index (χ3n) is 2.57. The first-order valence-corrected chi connectivity index (χ1v) is 6.62. The number of Topliss-reactive ketones (excluding diaryl/α,β-unsaturated/α-hetero) is 2. The summed E-state index contributed by atoms with van der Waals surface area (Å²) in [5, 5.41) is 17.9. The lowest BCUT2D eigenvalue weighted by Crippen LogP contribution is -2.23. The van der Waals surface area contributed by atoms with Crippen LogP contribution in [0.2, 0.25) is 0 Å². The molecule has 0 saturated heterocycles. The number of carbonyl (C=O) groups is 2. The van der Waals surface area contributed by atoms with Crippen LogP contribution in [-0.2, 0) is 9.59 Å². The third kappa shape index (κ3) is 8.37. The molecule has 0 saturated carbocycles. The maximum absolute atomic E-state index is 10.8. The molecule has 0 aromatic carbocycles. The molecule has 0 aromatic heterocycles. The van der Waals surface area contributed by atoms with Gasteiger partial charge in [0.2, 0.25) is 0 Å². The average molecular weight is 260 g/mol. The molecule has 108 valence electrons. The average Bonchev–Trinajstić information content (AvgIpc) is 2.35. The second-order valence-corrected chi connectivity index (χ2v) is 4.96. The van der Waals surface area contributed by atoms with Gasteiger partial charge in [-0.05, 0) is 12.8 Å². The summed E-state index contributed by atoms with van der Waals surface area (Å²) in [6.07, 6.45) is -0.441. The molecule has 0 aliphatic carbocycles. The van der Waals surface area contributed by atoms with Gasteiger partial charge in [0.15, 0.2) is 11.6 Å². The van der Waals surface area contributed by atoms with Crippen LogP contribution < -0.4 is 0 Å². The topological polar surface area (TPSA) is 74.6 Å². The highest BCUT2D eigenvalue weighted by Gasteiger charge is 2.15. The Hall–Kier alpha value is -0.740. The van der Waals surface area contributed by atoms with Gasteiger partial charge in [-0.25, -0.2) is 0 Å². The van der Waals surface area contributed by atoms with E-state index in [1.807, 2.05) is 0 Å². The molecular weight excluding hydrogens is 232 g/mol. The molecule has 0 bridgehead atoms. The fourth-order valence-electron chi connectivity index (χ4n) is 1.17. The van der Waals surface area contributed by atoms with Crippen molar-refractivity contribution in [3.63, 3.8) is 0 Å². The second kappa shape index (κ2) is 10.2. The fraction of sp³-hybridized carbons (Fsp3) is 0.857. The van der Waals surface area contributed by atoms with Gasteiger partial charge in [0.1, 0.15) is 12.2 Å². The summed E-state index contributed by atoms with van der Waals surface area (Å²) in [7, 11) is 0. The number of carbonyl (C=O) groups excluding carboxylic acids is 2. The van der Waals surface area contributed by atoms with Gasteiger partial charge in [-0.3, -0.25) is 9.59 Å². The Morgan fingerprint density at radius 3 is 1.06 bits per heavy atom. The molecule has 0 fully saturated rings. The first kappa shape index (κ1) is 19.6. The molecular formula is C14H28O4. The van der Waals surface area contributed by atoms with Crippen molar-refractivity contribution in [1.29, 1.82) is 0 Å². The summed E-state index contributed by atoms with van der Waals surface area (Å²) in [5.74, 6) is -0.199. The Kier molecular flexibility index (Phi) is 11.1. The Labute approximate surface area is 110 Å². The minimum atomic E-state index is -0.745. The Morgan fingerprint density at radius 2 is 1.00 bits per heavy atom. The lowest BCUT2D eigenvalue weighted by molar-refractivity contribution is -0.130. The van der Waals surface area contributed by atoms with Crippen LogP contribution >= 0.6 is 0 Å². The largest absolute Gasteiger partial charge is 0.385 e.